The first-order chi connectivity index (χ1) is 6.99. The SMILES string of the molecule is CC(OC(=O)Cn1cc(N)cn1)C(=O)O. The van der Waals surface area contributed by atoms with Crippen molar-refractivity contribution in [1.82, 2.24) is 9.78 Å². The number of aromatic nitrogens is 2. The first kappa shape index (κ1) is 11.0. The Balaban J connectivity index is 2.46. The molecule has 0 saturated carbocycles. The molecule has 7 heteroatoms. The van der Waals surface area contributed by atoms with Gasteiger partial charge in [-0.25, -0.2) is 4.79 Å². The Bertz CT molecular complexity index is 374. The highest BCUT2D eigenvalue weighted by molar-refractivity contribution is 5.77. The molecule has 0 spiro atoms. The van der Waals surface area contributed by atoms with Crippen molar-refractivity contribution in [2.45, 2.75) is 19.6 Å². The van der Waals surface area contributed by atoms with Crippen molar-refractivity contribution in [3.8, 4) is 0 Å². The third-order valence-electron chi connectivity index (χ3n) is 1.60. The monoisotopic (exact) mass is 213 g/mol. The molecule has 0 radical (unpaired) electrons. The lowest BCUT2D eigenvalue weighted by atomic mass is 10.4. The summed E-state index contributed by atoms with van der Waals surface area (Å²) in [4.78, 5) is 21.5. The van der Waals surface area contributed by atoms with Crippen LogP contribution in [0.5, 0.6) is 0 Å². The van der Waals surface area contributed by atoms with E-state index in [1.54, 1.807) is 0 Å². The maximum absolute atomic E-state index is 11.1. The Hall–Kier alpha value is -2.05. The number of aliphatic carboxylic acids is 1. The summed E-state index contributed by atoms with van der Waals surface area (Å²) in [6, 6.07) is 0. The van der Waals surface area contributed by atoms with Gasteiger partial charge in [-0.15, -0.1) is 0 Å². The van der Waals surface area contributed by atoms with Gasteiger partial charge in [0.2, 0.25) is 0 Å². The van der Waals surface area contributed by atoms with Gasteiger partial charge in [0.05, 0.1) is 11.9 Å². The Morgan fingerprint density at radius 2 is 2.40 bits per heavy atom. The van der Waals surface area contributed by atoms with Crippen molar-refractivity contribution in [1.29, 1.82) is 0 Å². The average Bonchev–Trinajstić information content (AvgIpc) is 2.50. The van der Waals surface area contributed by atoms with Gasteiger partial charge >= 0.3 is 11.9 Å². The molecule has 1 rings (SSSR count). The summed E-state index contributed by atoms with van der Waals surface area (Å²) < 4.78 is 5.85. The molecule has 3 N–H and O–H groups in total. The van der Waals surface area contributed by atoms with Crippen molar-refractivity contribution >= 4 is 17.6 Å². The van der Waals surface area contributed by atoms with Gasteiger partial charge in [-0.2, -0.15) is 5.10 Å². The zero-order valence-electron chi connectivity index (χ0n) is 8.08. The van der Waals surface area contributed by atoms with E-state index in [-0.39, 0.29) is 6.54 Å². The summed E-state index contributed by atoms with van der Waals surface area (Å²) in [5.41, 5.74) is 5.80. The minimum Gasteiger partial charge on any atom is -0.479 e. The molecule has 0 fully saturated rings. The Morgan fingerprint density at radius 3 is 2.87 bits per heavy atom. The molecule has 0 aliphatic rings. The number of carbonyl (C=O) groups excluding carboxylic acids is 1. The molecule has 1 aromatic heterocycles. The van der Waals surface area contributed by atoms with Gasteiger partial charge in [-0.3, -0.25) is 9.48 Å². The van der Waals surface area contributed by atoms with Crippen LogP contribution in [0.25, 0.3) is 0 Å². The van der Waals surface area contributed by atoms with E-state index in [4.69, 9.17) is 10.8 Å². The predicted molar refractivity (Wildman–Crippen MR) is 49.8 cm³/mol. The van der Waals surface area contributed by atoms with Gasteiger partial charge in [0, 0.05) is 6.20 Å². The maximum Gasteiger partial charge on any atom is 0.344 e. The number of ether oxygens (including phenoxy) is 1. The van der Waals surface area contributed by atoms with Crippen molar-refractivity contribution < 1.29 is 19.4 Å². The molecule has 1 aromatic rings. The predicted octanol–water partition coefficient (Wildman–Crippen LogP) is -0.518. The van der Waals surface area contributed by atoms with Crippen LogP contribution in [0.3, 0.4) is 0 Å². The molecule has 1 heterocycles. The molecule has 15 heavy (non-hydrogen) atoms. The van der Waals surface area contributed by atoms with Crippen LogP contribution in [0.4, 0.5) is 5.69 Å². The van der Waals surface area contributed by atoms with Crippen molar-refractivity contribution in [2.75, 3.05) is 5.73 Å². The number of anilines is 1. The summed E-state index contributed by atoms with van der Waals surface area (Å²) in [6.07, 6.45) is 1.67. The number of hydrogen-bond donors (Lipinski definition) is 2. The van der Waals surface area contributed by atoms with E-state index < -0.39 is 18.0 Å². The highest BCUT2D eigenvalue weighted by Gasteiger charge is 2.16. The van der Waals surface area contributed by atoms with Crippen molar-refractivity contribution in [3.05, 3.63) is 12.4 Å². The van der Waals surface area contributed by atoms with E-state index in [0.717, 1.165) is 0 Å². The minimum absolute atomic E-state index is 0.158. The number of carboxylic acid groups (broad SMARTS) is 1. The third kappa shape index (κ3) is 3.29. The molecular weight excluding hydrogens is 202 g/mol. The second kappa shape index (κ2) is 4.45. The van der Waals surface area contributed by atoms with Crippen LogP contribution in [-0.4, -0.2) is 32.9 Å². The Labute approximate surface area is 85.4 Å². The molecule has 0 aliphatic heterocycles. The Kier molecular flexibility index (Phi) is 3.27. The zero-order chi connectivity index (χ0) is 11.4. The fourth-order valence-electron chi connectivity index (χ4n) is 0.883. The van der Waals surface area contributed by atoms with E-state index in [0.29, 0.717) is 5.69 Å². The fourth-order valence-corrected chi connectivity index (χ4v) is 0.883. The summed E-state index contributed by atoms with van der Waals surface area (Å²) in [5, 5.41) is 12.2. The van der Waals surface area contributed by atoms with Crippen LogP contribution in [0.1, 0.15) is 6.92 Å². The second-order valence-corrected chi connectivity index (χ2v) is 2.94. The summed E-state index contributed by atoms with van der Waals surface area (Å²) in [5.74, 6) is -1.86. The van der Waals surface area contributed by atoms with Gasteiger partial charge in [0.15, 0.2) is 6.10 Å². The Morgan fingerprint density at radius 1 is 1.73 bits per heavy atom. The zero-order valence-corrected chi connectivity index (χ0v) is 8.08. The molecule has 0 aromatic carbocycles. The number of carbonyl (C=O) groups is 2. The molecule has 0 bridgehead atoms. The number of rotatable bonds is 4. The molecule has 1 unspecified atom stereocenters. The lowest BCUT2D eigenvalue weighted by molar-refractivity contribution is -0.163. The van der Waals surface area contributed by atoms with Crippen molar-refractivity contribution in [2.24, 2.45) is 0 Å². The standard InChI is InChI=1S/C8H11N3O4/c1-5(8(13)14)15-7(12)4-11-3-6(9)2-10-11/h2-3,5H,4,9H2,1H3,(H,13,14). The van der Waals surface area contributed by atoms with Crippen LogP contribution < -0.4 is 5.73 Å². The first-order valence-corrected chi connectivity index (χ1v) is 4.19. The molecule has 1 atom stereocenters. The quantitative estimate of drug-likeness (QED) is 0.651. The molecular formula is C8H11N3O4. The number of nitrogen functional groups attached to an aromatic ring is 1. The van der Waals surface area contributed by atoms with Crippen LogP contribution in [0.15, 0.2) is 12.4 Å². The molecule has 0 aliphatic carbocycles. The summed E-state index contributed by atoms with van der Waals surface area (Å²) in [6.45, 7) is 1.12. The minimum atomic E-state index is -1.19. The number of hydrogen-bond acceptors (Lipinski definition) is 5. The largest absolute Gasteiger partial charge is 0.479 e. The van der Waals surface area contributed by atoms with E-state index in [1.165, 1.54) is 24.0 Å². The molecule has 0 saturated heterocycles. The summed E-state index contributed by atoms with van der Waals surface area (Å²) in [7, 11) is 0. The van der Waals surface area contributed by atoms with Crippen molar-refractivity contribution in [3.63, 3.8) is 0 Å². The lowest BCUT2D eigenvalue weighted by Crippen LogP contribution is -2.26. The van der Waals surface area contributed by atoms with Crippen LogP contribution in [0, 0.1) is 0 Å². The van der Waals surface area contributed by atoms with Gasteiger partial charge in [0.25, 0.3) is 0 Å². The normalized spacial score (nSPS) is 12.1. The van der Waals surface area contributed by atoms with E-state index >= 15 is 0 Å². The second-order valence-electron chi connectivity index (χ2n) is 2.94. The molecule has 0 amide bonds. The van der Waals surface area contributed by atoms with Crippen LogP contribution >= 0.6 is 0 Å². The number of esters is 1. The molecule has 82 valence electrons. The number of nitrogens with zero attached hydrogens (tertiary/aromatic N) is 2. The van der Waals surface area contributed by atoms with E-state index in [2.05, 4.69) is 9.84 Å². The highest BCUT2D eigenvalue weighted by atomic mass is 16.6. The van der Waals surface area contributed by atoms with Crippen LogP contribution in [0.2, 0.25) is 0 Å². The fraction of sp³-hybridized carbons (Fsp3) is 0.375. The smallest absolute Gasteiger partial charge is 0.344 e. The van der Waals surface area contributed by atoms with Crippen LogP contribution in [-0.2, 0) is 20.9 Å². The third-order valence-corrected chi connectivity index (χ3v) is 1.60. The number of nitrogens with two attached hydrogens (primary N) is 1. The van der Waals surface area contributed by atoms with Gasteiger partial charge in [0.1, 0.15) is 6.54 Å². The van der Waals surface area contributed by atoms with Gasteiger partial charge in [-0.1, -0.05) is 0 Å². The first-order valence-electron chi connectivity index (χ1n) is 4.19. The molecule has 7 nitrogen and oxygen atoms in total. The van der Waals surface area contributed by atoms with E-state index in [9.17, 15) is 9.59 Å². The number of carboxylic acids is 1. The van der Waals surface area contributed by atoms with Gasteiger partial charge in [-0.05, 0) is 6.92 Å². The summed E-state index contributed by atoms with van der Waals surface area (Å²) >= 11 is 0. The topological polar surface area (TPSA) is 107 Å². The maximum atomic E-state index is 11.1. The highest BCUT2D eigenvalue weighted by Crippen LogP contribution is 1.99. The average molecular weight is 213 g/mol. The lowest BCUT2D eigenvalue weighted by Gasteiger charge is -2.08. The van der Waals surface area contributed by atoms with E-state index in [1.807, 2.05) is 0 Å². The van der Waals surface area contributed by atoms with Gasteiger partial charge < -0.3 is 15.6 Å².